The van der Waals surface area contributed by atoms with E-state index in [1.165, 1.54) is 0 Å². The molecule has 0 aliphatic heterocycles. The molecular formula is C19H13Cl3N2O. The molecule has 25 heavy (non-hydrogen) atoms. The third-order valence-electron chi connectivity index (χ3n) is 3.76. The molecule has 1 heterocycles. The standard InChI is InChI=1S/C19H13Cl3N2O/c20-12-5-1-4-11(10-12)15-8-3-9-16(24-15)18(19(23)25)17-13(21)6-2-7-14(17)22/h1-10,18H,(H2,23,25). The fourth-order valence-corrected chi connectivity index (χ4v) is 3.45. The van der Waals surface area contributed by atoms with Crippen molar-refractivity contribution in [1.82, 2.24) is 4.98 Å². The Balaban J connectivity index is 2.13. The summed E-state index contributed by atoms with van der Waals surface area (Å²) in [6, 6.07) is 17.7. The second-order valence-corrected chi connectivity index (χ2v) is 6.68. The van der Waals surface area contributed by atoms with Gasteiger partial charge in [0, 0.05) is 26.2 Å². The zero-order valence-electron chi connectivity index (χ0n) is 12.9. The summed E-state index contributed by atoms with van der Waals surface area (Å²) >= 11 is 18.6. The molecule has 1 unspecified atom stereocenters. The lowest BCUT2D eigenvalue weighted by molar-refractivity contribution is -0.118. The van der Waals surface area contributed by atoms with Crippen LogP contribution < -0.4 is 5.73 Å². The molecule has 0 spiro atoms. The molecule has 1 amide bonds. The van der Waals surface area contributed by atoms with Crippen LogP contribution in [0.15, 0.2) is 60.7 Å². The van der Waals surface area contributed by atoms with E-state index >= 15 is 0 Å². The van der Waals surface area contributed by atoms with E-state index in [0.717, 1.165) is 5.56 Å². The number of nitrogens with zero attached hydrogens (tertiary/aromatic N) is 1. The quantitative estimate of drug-likeness (QED) is 0.654. The summed E-state index contributed by atoms with van der Waals surface area (Å²) in [5.74, 6) is -1.42. The molecule has 3 nitrogen and oxygen atoms in total. The van der Waals surface area contributed by atoms with Crippen molar-refractivity contribution in [2.24, 2.45) is 5.73 Å². The molecule has 0 bridgehead atoms. The molecule has 6 heteroatoms. The third-order valence-corrected chi connectivity index (χ3v) is 4.65. The second-order valence-electron chi connectivity index (χ2n) is 5.43. The largest absolute Gasteiger partial charge is 0.369 e. The molecule has 0 aliphatic rings. The summed E-state index contributed by atoms with van der Waals surface area (Å²) in [7, 11) is 0. The van der Waals surface area contributed by atoms with Gasteiger partial charge in [-0.05, 0) is 36.4 Å². The molecule has 3 aromatic rings. The summed E-state index contributed by atoms with van der Waals surface area (Å²) in [5, 5.41) is 1.34. The van der Waals surface area contributed by atoms with Gasteiger partial charge in [0.05, 0.1) is 11.4 Å². The number of benzene rings is 2. The maximum atomic E-state index is 12.2. The number of pyridine rings is 1. The van der Waals surface area contributed by atoms with Gasteiger partial charge in [-0.15, -0.1) is 0 Å². The lowest BCUT2D eigenvalue weighted by Gasteiger charge is -2.17. The van der Waals surface area contributed by atoms with Crippen LogP contribution in [0.1, 0.15) is 17.2 Å². The van der Waals surface area contributed by atoms with Gasteiger partial charge < -0.3 is 5.73 Å². The molecule has 126 valence electrons. The van der Waals surface area contributed by atoms with Gasteiger partial charge >= 0.3 is 0 Å². The number of carbonyl (C=O) groups excluding carboxylic acids is 1. The van der Waals surface area contributed by atoms with Crippen molar-refractivity contribution in [3.8, 4) is 11.3 Å². The molecule has 1 aromatic heterocycles. The topological polar surface area (TPSA) is 56.0 Å². The summed E-state index contributed by atoms with van der Waals surface area (Å²) in [6.45, 7) is 0. The lowest BCUT2D eigenvalue weighted by Crippen LogP contribution is -2.24. The SMILES string of the molecule is NC(=O)C(c1cccc(-c2cccc(Cl)c2)n1)c1c(Cl)cccc1Cl. The smallest absolute Gasteiger partial charge is 0.231 e. The summed E-state index contributed by atoms with van der Waals surface area (Å²) in [4.78, 5) is 16.7. The van der Waals surface area contributed by atoms with Crippen molar-refractivity contribution in [3.05, 3.63) is 87.0 Å². The lowest BCUT2D eigenvalue weighted by atomic mass is 9.94. The van der Waals surface area contributed by atoms with Gasteiger partial charge in [0.25, 0.3) is 0 Å². The summed E-state index contributed by atoms with van der Waals surface area (Å²) in [6.07, 6.45) is 0. The number of amides is 1. The minimum atomic E-state index is -0.847. The van der Waals surface area contributed by atoms with Crippen LogP contribution in [0.5, 0.6) is 0 Å². The van der Waals surface area contributed by atoms with E-state index in [-0.39, 0.29) is 0 Å². The first-order valence-corrected chi connectivity index (χ1v) is 8.57. The number of halogens is 3. The van der Waals surface area contributed by atoms with Crippen molar-refractivity contribution < 1.29 is 4.79 Å². The molecule has 0 saturated carbocycles. The molecule has 0 aliphatic carbocycles. The Hall–Kier alpha value is -2.07. The van der Waals surface area contributed by atoms with Crippen LogP contribution in [0, 0.1) is 0 Å². The molecule has 0 saturated heterocycles. The van der Waals surface area contributed by atoms with Crippen LogP contribution >= 0.6 is 34.8 Å². The van der Waals surface area contributed by atoms with E-state index in [1.54, 1.807) is 42.5 Å². The zero-order chi connectivity index (χ0) is 18.0. The first-order valence-electron chi connectivity index (χ1n) is 7.43. The molecule has 0 fully saturated rings. The number of hydrogen-bond acceptors (Lipinski definition) is 2. The highest BCUT2D eigenvalue weighted by Gasteiger charge is 2.26. The molecule has 2 N–H and O–H groups in total. The van der Waals surface area contributed by atoms with Gasteiger partial charge in [0.2, 0.25) is 5.91 Å². The normalized spacial score (nSPS) is 12.0. The van der Waals surface area contributed by atoms with Gasteiger partial charge in [0.15, 0.2) is 0 Å². The fourth-order valence-electron chi connectivity index (χ4n) is 2.64. The Morgan fingerprint density at radius 2 is 1.56 bits per heavy atom. The predicted molar refractivity (Wildman–Crippen MR) is 102 cm³/mol. The van der Waals surface area contributed by atoms with Crippen molar-refractivity contribution in [2.45, 2.75) is 5.92 Å². The van der Waals surface area contributed by atoms with E-state index in [9.17, 15) is 4.79 Å². The highest BCUT2D eigenvalue weighted by Crippen LogP contribution is 2.35. The van der Waals surface area contributed by atoms with Gasteiger partial charge in [-0.3, -0.25) is 9.78 Å². The van der Waals surface area contributed by atoms with Crippen LogP contribution in [0.25, 0.3) is 11.3 Å². The van der Waals surface area contributed by atoms with Crippen LogP contribution in [0.4, 0.5) is 0 Å². The summed E-state index contributed by atoms with van der Waals surface area (Å²) in [5.41, 5.74) is 8.07. The third kappa shape index (κ3) is 3.79. The number of aromatic nitrogens is 1. The Kier molecular flexibility index (Phi) is 5.28. The van der Waals surface area contributed by atoms with Crippen LogP contribution in [0.3, 0.4) is 0 Å². The highest BCUT2D eigenvalue weighted by atomic mass is 35.5. The Morgan fingerprint density at radius 1 is 0.920 bits per heavy atom. The number of nitrogens with two attached hydrogens (primary N) is 1. The average Bonchev–Trinajstić information content (AvgIpc) is 2.58. The van der Waals surface area contributed by atoms with Crippen molar-refractivity contribution >= 4 is 40.7 Å². The van der Waals surface area contributed by atoms with Crippen LogP contribution in [-0.2, 0) is 4.79 Å². The van der Waals surface area contributed by atoms with Crippen molar-refractivity contribution in [2.75, 3.05) is 0 Å². The average molecular weight is 392 g/mol. The molecule has 3 rings (SSSR count). The monoisotopic (exact) mass is 390 g/mol. The highest BCUT2D eigenvalue weighted by molar-refractivity contribution is 6.36. The second kappa shape index (κ2) is 7.44. The first kappa shape index (κ1) is 17.7. The van der Waals surface area contributed by atoms with E-state index in [4.69, 9.17) is 40.5 Å². The maximum Gasteiger partial charge on any atom is 0.231 e. The Morgan fingerprint density at radius 3 is 2.20 bits per heavy atom. The first-order chi connectivity index (χ1) is 12.0. The summed E-state index contributed by atoms with van der Waals surface area (Å²) < 4.78 is 0. The minimum Gasteiger partial charge on any atom is -0.369 e. The van der Waals surface area contributed by atoms with Crippen molar-refractivity contribution in [1.29, 1.82) is 0 Å². The number of primary amides is 1. The van der Waals surface area contributed by atoms with Gasteiger partial charge in [-0.1, -0.05) is 59.1 Å². The molecule has 0 radical (unpaired) electrons. The molecule has 2 aromatic carbocycles. The number of carbonyl (C=O) groups is 1. The van der Waals surface area contributed by atoms with E-state index in [2.05, 4.69) is 4.98 Å². The van der Waals surface area contributed by atoms with E-state index in [0.29, 0.717) is 32.0 Å². The van der Waals surface area contributed by atoms with Gasteiger partial charge in [0.1, 0.15) is 5.92 Å². The van der Waals surface area contributed by atoms with Crippen molar-refractivity contribution in [3.63, 3.8) is 0 Å². The fraction of sp³-hybridized carbons (Fsp3) is 0.0526. The van der Waals surface area contributed by atoms with Crippen LogP contribution in [0.2, 0.25) is 15.1 Å². The van der Waals surface area contributed by atoms with Gasteiger partial charge in [-0.2, -0.15) is 0 Å². The Labute approximate surface area is 160 Å². The van der Waals surface area contributed by atoms with Gasteiger partial charge in [-0.25, -0.2) is 0 Å². The molecular weight excluding hydrogens is 379 g/mol. The number of hydrogen-bond donors (Lipinski definition) is 1. The minimum absolute atomic E-state index is 0.367. The predicted octanol–water partition coefficient (Wildman–Crippen LogP) is 5.33. The molecule has 1 atom stereocenters. The van der Waals surface area contributed by atoms with Crippen LogP contribution in [-0.4, -0.2) is 10.9 Å². The van der Waals surface area contributed by atoms with E-state index < -0.39 is 11.8 Å². The van der Waals surface area contributed by atoms with E-state index in [1.807, 2.05) is 18.2 Å². The zero-order valence-corrected chi connectivity index (χ0v) is 15.2. The number of rotatable bonds is 4. The Bertz CT molecular complexity index is 923. The maximum absolute atomic E-state index is 12.2.